The van der Waals surface area contributed by atoms with Crippen molar-refractivity contribution in [3.63, 3.8) is 0 Å². The molecule has 2 rings (SSSR count). The highest BCUT2D eigenvalue weighted by Crippen LogP contribution is 2.31. The van der Waals surface area contributed by atoms with E-state index in [4.69, 9.17) is 11.6 Å². The van der Waals surface area contributed by atoms with Gasteiger partial charge in [-0.3, -0.25) is 4.98 Å². The van der Waals surface area contributed by atoms with Gasteiger partial charge in [0.2, 0.25) is 0 Å². The van der Waals surface area contributed by atoms with Gasteiger partial charge in [-0.25, -0.2) is 0 Å². The van der Waals surface area contributed by atoms with Crippen LogP contribution < -0.4 is 5.32 Å². The molecule has 3 heteroatoms. The molecule has 1 aliphatic carbocycles. The van der Waals surface area contributed by atoms with E-state index in [2.05, 4.69) is 10.3 Å². The SMILES string of the molecule is CNC(Cc1ccncc1Cl)C1CCC1. The van der Waals surface area contributed by atoms with Crippen molar-refractivity contribution in [3.05, 3.63) is 29.0 Å². The molecule has 0 aliphatic heterocycles. The molecule has 15 heavy (non-hydrogen) atoms. The molecule has 0 spiro atoms. The van der Waals surface area contributed by atoms with Gasteiger partial charge in [0.1, 0.15) is 0 Å². The summed E-state index contributed by atoms with van der Waals surface area (Å²) in [5, 5.41) is 4.19. The van der Waals surface area contributed by atoms with E-state index in [0.29, 0.717) is 6.04 Å². The second-order valence-electron chi connectivity index (χ2n) is 4.26. The summed E-state index contributed by atoms with van der Waals surface area (Å²) >= 11 is 6.10. The van der Waals surface area contributed by atoms with Crippen molar-refractivity contribution in [2.45, 2.75) is 31.7 Å². The number of rotatable bonds is 4. The molecule has 0 aromatic carbocycles. The molecule has 1 saturated carbocycles. The molecule has 1 heterocycles. The molecule has 0 amide bonds. The highest BCUT2D eigenvalue weighted by molar-refractivity contribution is 6.31. The van der Waals surface area contributed by atoms with Gasteiger partial charge in [-0.15, -0.1) is 0 Å². The van der Waals surface area contributed by atoms with E-state index in [9.17, 15) is 0 Å². The lowest BCUT2D eigenvalue weighted by Gasteiger charge is -2.33. The standard InChI is InChI=1S/C12H17ClN2/c1-14-12(9-3-2-4-9)7-10-5-6-15-8-11(10)13/h5-6,8-9,12,14H,2-4,7H2,1H3. The summed E-state index contributed by atoms with van der Waals surface area (Å²) in [6, 6.07) is 2.59. The fourth-order valence-electron chi connectivity index (χ4n) is 2.15. The van der Waals surface area contributed by atoms with Gasteiger partial charge in [0, 0.05) is 18.4 Å². The van der Waals surface area contributed by atoms with Gasteiger partial charge in [-0.2, -0.15) is 0 Å². The molecular formula is C12H17ClN2. The van der Waals surface area contributed by atoms with Crippen LogP contribution in [0.3, 0.4) is 0 Å². The van der Waals surface area contributed by atoms with Crippen molar-refractivity contribution in [3.8, 4) is 0 Å². The Morgan fingerprint density at radius 2 is 2.40 bits per heavy atom. The van der Waals surface area contributed by atoms with Crippen LogP contribution in [0.1, 0.15) is 24.8 Å². The highest BCUT2D eigenvalue weighted by Gasteiger charge is 2.26. The molecule has 1 aliphatic rings. The van der Waals surface area contributed by atoms with Crippen LogP contribution in [0, 0.1) is 5.92 Å². The van der Waals surface area contributed by atoms with Crippen molar-refractivity contribution in [2.24, 2.45) is 5.92 Å². The zero-order valence-electron chi connectivity index (χ0n) is 9.04. The normalized spacial score (nSPS) is 18.5. The molecular weight excluding hydrogens is 208 g/mol. The molecule has 2 nitrogen and oxygen atoms in total. The van der Waals surface area contributed by atoms with Crippen molar-refractivity contribution in [2.75, 3.05) is 7.05 Å². The summed E-state index contributed by atoms with van der Waals surface area (Å²) in [5.74, 6) is 0.833. The van der Waals surface area contributed by atoms with E-state index in [0.717, 1.165) is 17.4 Å². The van der Waals surface area contributed by atoms with E-state index >= 15 is 0 Å². The lowest BCUT2D eigenvalue weighted by molar-refractivity contribution is 0.236. The summed E-state index contributed by atoms with van der Waals surface area (Å²) in [7, 11) is 2.04. The largest absolute Gasteiger partial charge is 0.316 e. The van der Waals surface area contributed by atoms with Crippen LogP contribution in [0.4, 0.5) is 0 Å². The Labute approximate surface area is 96.1 Å². The molecule has 82 valence electrons. The molecule has 0 bridgehead atoms. The molecule has 1 aromatic rings. The number of aromatic nitrogens is 1. The Morgan fingerprint density at radius 3 is 2.93 bits per heavy atom. The summed E-state index contributed by atoms with van der Waals surface area (Å²) in [6.07, 6.45) is 8.65. The van der Waals surface area contributed by atoms with Crippen LogP contribution in [-0.2, 0) is 6.42 Å². The molecule has 1 fully saturated rings. The third-order valence-corrected chi connectivity index (χ3v) is 3.73. The van der Waals surface area contributed by atoms with E-state index in [1.54, 1.807) is 6.20 Å². The molecule has 1 atom stereocenters. The summed E-state index contributed by atoms with van der Waals surface area (Å²) < 4.78 is 0. The zero-order valence-corrected chi connectivity index (χ0v) is 9.80. The quantitative estimate of drug-likeness (QED) is 0.851. The van der Waals surface area contributed by atoms with E-state index in [1.807, 2.05) is 19.3 Å². The molecule has 1 N–H and O–H groups in total. The molecule has 1 unspecified atom stereocenters. The van der Waals surface area contributed by atoms with Crippen molar-refractivity contribution >= 4 is 11.6 Å². The van der Waals surface area contributed by atoms with Crippen molar-refractivity contribution in [1.82, 2.24) is 10.3 Å². The maximum absolute atomic E-state index is 6.10. The Hall–Kier alpha value is -0.600. The minimum Gasteiger partial charge on any atom is -0.316 e. The van der Waals surface area contributed by atoms with Gasteiger partial charge < -0.3 is 5.32 Å². The third kappa shape index (κ3) is 2.50. The average molecular weight is 225 g/mol. The van der Waals surface area contributed by atoms with Gasteiger partial charge >= 0.3 is 0 Å². The lowest BCUT2D eigenvalue weighted by Crippen LogP contribution is -2.39. The van der Waals surface area contributed by atoms with E-state index in [-0.39, 0.29) is 0 Å². The predicted octanol–water partition coefficient (Wildman–Crippen LogP) is 2.67. The van der Waals surface area contributed by atoms with Crippen LogP contribution in [-0.4, -0.2) is 18.1 Å². The maximum atomic E-state index is 6.10. The first-order chi connectivity index (χ1) is 7.31. The minimum atomic E-state index is 0.568. The summed E-state index contributed by atoms with van der Waals surface area (Å²) in [4.78, 5) is 4.00. The average Bonchev–Trinajstić information content (AvgIpc) is 2.17. The number of hydrogen-bond acceptors (Lipinski definition) is 2. The number of likely N-dealkylation sites (N-methyl/N-ethyl adjacent to an activating group) is 1. The number of nitrogens with zero attached hydrogens (tertiary/aromatic N) is 1. The van der Waals surface area contributed by atoms with E-state index in [1.165, 1.54) is 24.8 Å². The first-order valence-electron chi connectivity index (χ1n) is 5.57. The Kier molecular flexibility index (Phi) is 3.60. The fraction of sp³-hybridized carbons (Fsp3) is 0.583. The minimum absolute atomic E-state index is 0.568. The van der Waals surface area contributed by atoms with Crippen LogP contribution in [0.5, 0.6) is 0 Å². The first kappa shape index (κ1) is 10.9. The van der Waals surface area contributed by atoms with Gasteiger partial charge in [-0.1, -0.05) is 18.0 Å². The highest BCUT2D eigenvalue weighted by atomic mass is 35.5. The van der Waals surface area contributed by atoms with E-state index < -0.39 is 0 Å². The van der Waals surface area contributed by atoms with Crippen LogP contribution in [0.25, 0.3) is 0 Å². The van der Waals surface area contributed by atoms with Gasteiger partial charge in [-0.05, 0) is 43.9 Å². The molecule has 0 radical (unpaired) electrons. The second-order valence-corrected chi connectivity index (χ2v) is 4.66. The lowest BCUT2D eigenvalue weighted by atomic mass is 9.78. The number of pyridine rings is 1. The predicted molar refractivity (Wildman–Crippen MR) is 63.1 cm³/mol. The molecule has 1 aromatic heterocycles. The van der Waals surface area contributed by atoms with Crippen LogP contribution in [0.2, 0.25) is 5.02 Å². The van der Waals surface area contributed by atoms with Crippen LogP contribution in [0.15, 0.2) is 18.5 Å². The smallest absolute Gasteiger partial charge is 0.0621 e. The number of nitrogens with one attached hydrogen (secondary N) is 1. The fourth-order valence-corrected chi connectivity index (χ4v) is 2.35. The number of hydrogen-bond donors (Lipinski definition) is 1. The van der Waals surface area contributed by atoms with Gasteiger partial charge in [0.15, 0.2) is 0 Å². The summed E-state index contributed by atoms with van der Waals surface area (Å²) in [6.45, 7) is 0. The maximum Gasteiger partial charge on any atom is 0.0621 e. The number of halogens is 1. The third-order valence-electron chi connectivity index (χ3n) is 3.39. The molecule has 0 saturated heterocycles. The topological polar surface area (TPSA) is 24.9 Å². The van der Waals surface area contributed by atoms with Crippen LogP contribution >= 0.6 is 11.6 Å². The Morgan fingerprint density at radius 1 is 1.60 bits per heavy atom. The Balaban J connectivity index is 2.02. The first-order valence-corrected chi connectivity index (χ1v) is 5.94. The second kappa shape index (κ2) is 4.95. The van der Waals surface area contributed by atoms with Crippen molar-refractivity contribution < 1.29 is 0 Å². The summed E-state index contributed by atoms with van der Waals surface area (Å²) in [5.41, 5.74) is 1.21. The Bertz CT molecular complexity index is 323. The van der Waals surface area contributed by atoms with Crippen molar-refractivity contribution in [1.29, 1.82) is 0 Å². The van der Waals surface area contributed by atoms with Gasteiger partial charge in [0.25, 0.3) is 0 Å². The van der Waals surface area contributed by atoms with Gasteiger partial charge in [0.05, 0.1) is 5.02 Å². The monoisotopic (exact) mass is 224 g/mol. The zero-order chi connectivity index (χ0) is 10.7.